The number of hydrogen-bond acceptors (Lipinski definition) is 2. The van der Waals surface area contributed by atoms with Crippen molar-refractivity contribution in [1.82, 2.24) is 10.5 Å². The van der Waals surface area contributed by atoms with Crippen LogP contribution in [0.2, 0.25) is 0 Å². The summed E-state index contributed by atoms with van der Waals surface area (Å²) < 4.78 is -1.83. The Hall–Kier alpha value is -3.17. The molecule has 4 nitrogen and oxygen atoms in total. The molecule has 4 unspecified atom stereocenters. The van der Waals surface area contributed by atoms with Crippen LogP contribution >= 0.6 is 17.0 Å². The molecule has 4 aromatic rings. The van der Waals surface area contributed by atoms with Gasteiger partial charge in [-0.3, -0.25) is 0 Å². The van der Waals surface area contributed by atoms with E-state index in [1.165, 1.54) is 22.3 Å². The molecule has 0 aliphatic heterocycles. The van der Waals surface area contributed by atoms with Gasteiger partial charge in [0.05, 0.1) is 0 Å². The third-order valence-corrected chi connectivity index (χ3v) is 32.6. The molecule has 0 bridgehead atoms. The molecule has 2 amide bonds. The van der Waals surface area contributed by atoms with E-state index < -0.39 is 27.9 Å². The maximum atomic E-state index is 12.7. The summed E-state index contributed by atoms with van der Waals surface area (Å²) >= 11 is -6.00. The van der Waals surface area contributed by atoms with Crippen molar-refractivity contribution < 1.29 is 25.8 Å². The summed E-state index contributed by atoms with van der Waals surface area (Å²) in [6.45, 7) is 22.4. The predicted molar refractivity (Wildman–Crippen MR) is 237 cm³/mol. The molecule has 2 aliphatic carbocycles. The first-order chi connectivity index (χ1) is 26.4. The third kappa shape index (κ3) is 7.15. The van der Waals surface area contributed by atoms with Gasteiger partial charge in [0.1, 0.15) is 0 Å². The zero-order valence-electron chi connectivity index (χ0n) is 34.8. The first-order valence-electron chi connectivity index (χ1n) is 20.3. The Bertz CT molecular complexity index is 2060. The van der Waals surface area contributed by atoms with Crippen LogP contribution in [-0.2, 0) is 36.6 Å². The normalized spacial score (nSPS) is 18.4. The van der Waals surface area contributed by atoms with E-state index in [9.17, 15) is 9.59 Å². The van der Waals surface area contributed by atoms with E-state index in [0.29, 0.717) is 12.8 Å². The average Bonchev–Trinajstić information content (AvgIpc) is 3.78. The van der Waals surface area contributed by atoms with Crippen molar-refractivity contribution >= 4 is 46.5 Å². The van der Waals surface area contributed by atoms with Crippen molar-refractivity contribution in [1.29, 1.82) is 0 Å². The number of benzene rings is 4. The fourth-order valence-corrected chi connectivity index (χ4v) is 30.3. The Morgan fingerprint density at radius 1 is 0.607 bits per heavy atom. The summed E-state index contributed by atoms with van der Waals surface area (Å²) in [6, 6.07) is 30.4. The van der Waals surface area contributed by atoms with Crippen molar-refractivity contribution in [3.05, 3.63) is 129 Å². The van der Waals surface area contributed by atoms with Crippen LogP contribution in [0.25, 0.3) is 34.4 Å². The number of carbonyl (C=O) groups is 2. The van der Waals surface area contributed by atoms with Crippen LogP contribution in [0.4, 0.5) is 0 Å². The second-order valence-corrected chi connectivity index (χ2v) is 39.6. The summed E-state index contributed by atoms with van der Waals surface area (Å²) in [5.74, 6) is 0.247. The van der Waals surface area contributed by atoms with Crippen molar-refractivity contribution in [3.8, 4) is 22.3 Å². The van der Waals surface area contributed by atoms with Gasteiger partial charge >= 0.3 is 346 Å². The second kappa shape index (κ2) is 15.9. The number of hydrogen-bond donors (Lipinski definition) is 2. The maximum absolute atomic E-state index is 12.7. The monoisotopic (exact) mass is 865 g/mol. The molecule has 0 saturated heterocycles. The van der Waals surface area contributed by atoms with Crippen LogP contribution in [0.3, 0.4) is 0 Å². The number of rotatable bonds is 13. The second-order valence-electron chi connectivity index (χ2n) is 18.2. The zero-order chi connectivity index (χ0) is 40.8. The van der Waals surface area contributed by atoms with Crippen LogP contribution in [-0.4, -0.2) is 17.3 Å². The molecule has 56 heavy (non-hydrogen) atoms. The van der Waals surface area contributed by atoms with Crippen LogP contribution in [0, 0.1) is 11.8 Å². The Labute approximate surface area is 344 Å². The quantitative estimate of drug-likeness (QED) is 0.104. The standard InChI is InChI=1S/2C23H27.C2H3BN2O2.2ClH.Zr/c2*1-6-16(2)18-14-17-10-9-12-19(21(17)15-18)20-11-7-8-13-22(20)23(3,4)5;6-1-4-3-5-2-7;;;/h2*7-16H,6H2,1-5H3;1-2H,(H-,4,5,6,7);2*1H;/q;;;;;+1/p-1. The SMILES string of the molecule is CCC(C)C1=Cc2c(-c3ccccc3C(C)(C)C)cccc2[CH]1[Zr]([Cl])([Cl])([B](NC=O)NC=O)[CH]1C(C(C)CC)=Cc2c(-c3ccccc3C(C)(C)C)cccc21. The van der Waals surface area contributed by atoms with Crippen LogP contribution in [0.15, 0.2) is 96.1 Å². The van der Waals surface area contributed by atoms with E-state index in [-0.39, 0.29) is 22.7 Å². The van der Waals surface area contributed by atoms with Crippen molar-refractivity contribution in [3.63, 3.8) is 0 Å². The van der Waals surface area contributed by atoms with Gasteiger partial charge in [-0.15, -0.1) is 0 Å². The zero-order valence-corrected chi connectivity index (χ0v) is 38.7. The number of nitrogens with one attached hydrogen (secondary N) is 2. The Kier molecular flexibility index (Phi) is 12.0. The van der Waals surface area contributed by atoms with Gasteiger partial charge in [0, 0.05) is 0 Å². The van der Waals surface area contributed by atoms with Gasteiger partial charge in [-0.1, -0.05) is 0 Å². The molecule has 0 saturated carbocycles. The topological polar surface area (TPSA) is 58.2 Å². The minimum atomic E-state index is -6.00. The van der Waals surface area contributed by atoms with Crippen molar-refractivity contribution in [2.45, 2.75) is 100 Å². The van der Waals surface area contributed by atoms with E-state index in [2.05, 4.69) is 177 Å². The number of carbonyl (C=O) groups excluding carboxylic acids is 2. The molecular weight excluding hydrogens is 809 g/mol. The van der Waals surface area contributed by atoms with Gasteiger partial charge in [0.15, 0.2) is 0 Å². The van der Waals surface area contributed by atoms with E-state index >= 15 is 0 Å². The molecule has 6 rings (SSSR count). The van der Waals surface area contributed by atoms with Crippen LogP contribution in [0.1, 0.15) is 123 Å². The van der Waals surface area contributed by atoms with Gasteiger partial charge in [0.2, 0.25) is 0 Å². The Morgan fingerprint density at radius 3 is 1.30 bits per heavy atom. The molecule has 4 aromatic carbocycles. The molecule has 0 spiro atoms. The fourth-order valence-electron chi connectivity index (χ4n) is 9.62. The molecule has 8 heteroatoms. The molecule has 0 aromatic heterocycles. The summed E-state index contributed by atoms with van der Waals surface area (Å²) in [4.78, 5) is 25.4. The number of amides is 2. The van der Waals surface area contributed by atoms with E-state index in [1.807, 2.05) is 0 Å². The molecular formula is C48H58BCl2N2O2Zr. The third-order valence-electron chi connectivity index (χ3n) is 12.7. The summed E-state index contributed by atoms with van der Waals surface area (Å²) in [6.07, 6.45) is 7.74. The Balaban J connectivity index is 1.73. The number of halogens is 2. The van der Waals surface area contributed by atoms with Gasteiger partial charge in [0.25, 0.3) is 0 Å². The van der Waals surface area contributed by atoms with Crippen molar-refractivity contribution in [2.24, 2.45) is 11.8 Å². The van der Waals surface area contributed by atoms with Crippen LogP contribution < -0.4 is 10.5 Å². The molecule has 2 N–H and O–H groups in total. The van der Waals surface area contributed by atoms with Gasteiger partial charge < -0.3 is 0 Å². The first-order valence-corrected chi connectivity index (χ1v) is 30.9. The van der Waals surface area contributed by atoms with E-state index in [1.54, 1.807) is 0 Å². The summed E-state index contributed by atoms with van der Waals surface area (Å²) in [5, 5.41) is 6.08. The number of allylic oxidation sites excluding steroid dienone is 2. The summed E-state index contributed by atoms with van der Waals surface area (Å²) in [7, 11) is 17.7. The molecule has 293 valence electrons. The van der Waals surface area contributed by atoms with E-state index in [4.69, 9.17) is 17.0 Å². The molecule has 2 aliphatic rings. The Morgan fingerprint density at radius 2 is 0.964 bits per heavy atom. The molecule has 0 fully saturated rings. The van der Waals surface area contributed by atoms with Gasteiger partial charge in [-0.2, -0.15) is 0 Å². The minimum absolute atomic E-state index is 0.0938. The first kappa shape index (κ1) is 42.4. The predicted octanol–water partition coefficient (Wildman–Crippen LogP) is 12.8. The van der Waals surface area contributed by atoms with Gasteiger partial charge in [-0.25, -0.2) is 0 Å². The van der Waals surface area contributed by atoms with Crippen LogP contribution in [0.5, 0.6) is 0 Å². The number of fused-ring (bicyclic) bond motifs is 2. The molecule has 0 heterocycles. The molecule has 4 atom stereocenters. The summed E-state index contributed by atoms with van der Waals surface area (Å²) in [5.41, 5.74) is 13.6. The molecule has 0 radical (unpaired) electrons. The van der Waals surface area contributed by atoms with Gasteiger partial charge in [-0.05, 0) is 0 Å². The van der Waals surface area contributed by atoms with Crippen molar-refractivity contribution in [2.75, 3.05) is 0 Å². The fraction of sp³-hybridized carbons (Fsp3) is 0.375. The average molecular weight is 868 g/mol. The van der Waals surface area contributed by atoms with E-state index in [0.717, 1.165) is 57.4 Å².